The van der Waals surface area contributed by atoms with E-state index in [0.29, 0.717) is 0 Å². The van der Waals surface area contributed by atoms with Gasteiger partial charge in [-0.15, -0.1) is 0 Å². The minimum absolute atomic E-state index is 0.215. The highest BCUT2D eigenvalue weighted by Gasteiger charge is 2.62. The predicted octanol–water partition coefficient (Wildman–Crippen LogP) is -19.0. The molecule has 0 spiro atoms. The summed E-state index contributed by atoms with van der Waals surface area (Å²) in [6.07, 6.45) is -79.3. The maximum Gasteiger partial charge on any atom is 0.217 e. The predicted molar refractivity (Wildman–Crippen MR) is 335 cm³/mol. The van der Waals surface area contributed by atoms with Gasteiger partial charge in [0.1, 0.15) is 183 Å². The van der Waals surface area contributed by atoms with Crippen molar-refractivity contribution in [2.45, 2.75) is 298 Å². The molecule has 0 aromatic carbocycles. The average molecular weight is 1590 g/mol. The third-order valence-corrected chi connectivity index (χ3v) is 19.7. The third-order valence-electron chi connectivity index (χ3n) is 19.7. The van der Waals surface area contributed by atoms with Crippen LogP contribution in [0.5, 0.6) is 0 Å². The molecule has 8 aliphatic rings. The van der Waals surface area contributed by atoms with Gasteiger partial charge in [-0.25, -0.2) is 0 Å². The number of aliphatic hydroxyl groups excluding tert-OH is 22. The lowest BCUT2D eigenvalue weighted by molar-refractivity contribution is -0.414. The number of carboxylic acid groups (broad SMARTS) is 1. The molecule has 0 aromatic rings. The molecule has 8 heterocycles. The molecule has 0 aromatic heterocycles. The van der Waals surface area contributed by atoms with Gasteiger partial charge in [-0.2, -0.15) is 0 Å². The van der Waals surface area contributed by atoms with E-state index < -0.39 is 340 Å². The fourth-order valence-corrected chi connectivity index (χ4v) is 13.8. The second-order valence-electron chi connectivity index (χ2n) is 27.5. The lowest BCUT2D eigenvalue weighted by atomic mass is 9.88. The molecule has 630 valence electrons. The summed E-state index contributed by atoms with van der Waals surface area (Å²) in [6.45, 7) is -3.12. The molecule has 8 saturated heterocycles. The van der Waals surface area contributed by atoms with E-state index in [0.717, 1.165) is 20.8 Å². The van der Waals surface area contributed by atoms with Crippen LogP contribution in [-0.4, -0.2) is 452 Å². The Bertz CT molecular complexity index is 2890. The van der Waals surface area contributed by atoms with Gasteiger partial charge in [0.2, 0.25) is 29.9 Å². The number of hydrogen-bond donors (Lipinski definition) is 26. The number of amides is 4. The summed E-state index contributed by atoms with van der Waals surface area (Å²) in [4.78, 5) is 63.5. The van der Waals surface area contributed by atoms with E-state index >= 15 is 0 Å². The number of nitrogens with one attached hydrogen (secondary N) is 4. The Labute approximate surface area is 618 Å². The molecule has 42 atom stereocenters. The molecule has 0 bridgehead atoms. The van der Waals surface area contributed by atoms with Gasteiger partial charge < -0.3 is 219 Å². The van der Waals surface area contributed by atoms with Crippen molar-refractivity contribution in [3.8, 4) is 0 Å². The first-order chi connectivity index (χ1) is 51.4. The lowest BCUT2D eigenvalue weighted by Crippen LogP contribution is -2.73. The topological polar surface area (TPSA) is 749 Å². The molecule has 4 amide bonds. The van der Waals surface area contributed by atoms with Crippen LogP contribution < -0.4 is 26.4 Å². The number of carboxylic acids is 1. The molecular weight excluding hydrogens is 1490 g/mol. The van der Waals surface area contributed by atoms with Crippen molar-refractivity contribution in [3.05, 3.63) is 0 Å². The Balaban J connectivity index is 1.19. The maximum absolute atomic E-state index is 13.7. The SMILES string of the molecule is CC(=O)N[C@H]1[C@H](O[C@H]2[C@@H](O)[C@@H](CO[C@@H]3O[C@H](CO)[C@@H](O)[C@H](O[C@@H]4O[C@@H](C)[C@@H](O)[C@@H](O)[C@@H]4O)[C@H]3NC(C)=O)O[C@@H](O[C@H]3[C@H](O)[C@@H](O)[C@H](OC[C@@H](CO)NC=O)O[C@@H]3CO)[C@@H]2O)O[C@H](CO)[C@@H](O[C@@H]2O[C@@H](C)[C@@H](O)[C@@H](O)[C@@H]2O)[C@@H]1O[C@@H]1O[C@H](CO)[C@H](O)[C@H](O[C@]2(C(=O)[O-])C[C@H](O)[C@@H](NC(C)=O)[C@H]([C@H](O)[C@H](O)CO)O2)[C@H]1O. The Morgan fingerprint density at radius 2 is 0.872 bits per heavy atom. The number of carbonyl (C=O) groups excluding carboxylic acids is 5. The van der Waals surface area contributed by atoms with Crippen molar-refractivity contribution in [2.24, 2.45) is 0 Å². The van der Waals surface area contributed by atoms with Crippen LogP contribution in [-0.2, 0) is 99.8 Å². The Morgan fingerprint density at radius 3 is 1.39 bits per heavy atom. The first-order valence-electron chi connectivity index (χ1n) is 34.7. The van der Waals surface area contributed by atoms with Gasteiger partial charge in [-0.05, 0) is 13.8 Å². The first-order valence-corrected chi connectivity index (χ1v) is 34.7. The monoisotopic (exact) mass is 1590 g/mol. The van der Waals surface area contributed by atoms with Crippen LogP contribution in [0.25, 0.3) is 0 Å². The number of ether oxygens (including phenoxy) is 16. The molecule has 0 aliphatic carbocycles. The van der Waals surface area contributed by atoms with Gasteiger partial charge in [-0.1, -0.05) is 0 Å². The summed E-state index contributed by atoms with van der Waals surface area (Å²) in [5.74, 6) is -8.82. The summed E-state index contributed by atoms with van der Waals surface area (Å²) in [6, 6.07) is -6.88. The van der Waals surface area contributed by atoms with E-state index in [1.807, 2.05) is 0 Å². The van der Waals surface area contributed by atoms with Crippen molar-refractivity contribution < 1.29 is 217 Å². The van der Waals surface area contributed by atoms with Gasteiger partial charge in [0, 0.05) is 27.2 Å². The van der Waals surface area contributed by atoms with Crippen molar-refractivity contribution in [2.75, 3.05) is 52.9 Å². The Morgan fingerprint density at radius 1 is 0.450 bits per heavy atom. The van der Waals surface area contributed by atoms with E-state index in [1.165, 1.54) is 13.8 Å². The van der Waals surface area contributed by atoms with Gasteiger partial charge in [0.25, 0.3) is 0 Å². The average Bonchev–Trinajstić information content (AvgIpc) is 0.751. The van der Waals surface area contributed by atoms with Crippen LogP contribution in [0.3, 0.4) is 0 Å². The standard InChI is InChI=1S/C61H102N4O44/c1-16-32(78)38(84)41(87)56(96-16)104-47-27(12-71)100-54(31(65-20(5)75)50(47)106-59-45(91)52(36(82)25(10-69)99-59)109-61(60(92)93)6-22(76)29(63-18(3)73)49(108-61)34(80)23(77)8-67)107-51-37(83)28(102-58(44(51)90)103-46-26(11-70)101-55(43(89)40(46)86)94-13-21(7-66)62-15-72)14-95-53-30(64-19(4)74)48(35(81)24(9-68)98-53)105-57-42(88)39(85)33(79)17(2)97-57/h15-17,21-59,66-71,76-91H,6-14H2,1-5H3,(H,62,72)(H,63,73)(H,64,74)(H,65,75)(H,92,93)/p-1/t16-,17-,21+,22-,23+,24+,25+,26+,27+,28+,29+,30+,31+,32+,33+,34+,35+,36-,37-,38+,39+,40+,41-,42-,43+,44+,45+,46+,47+,48+,49+,50+,51-,52-,53+,54-,55+,56-,57-,58-,59-,61-/m0/s1. The minimum Gasteiger partial charge on any atom is -0.544 e. The summed E-state index contributed by atoms with van der Waals surface area (Å²) in [7, 11) is 0. The molecule has 8 aliphatic heterocycles. The van der Waals surface area contributed by atoms with Crippen molar-refractivity contribution >= 4 is 30.1 Å². The molecule has 109 heavy (non-hydrogen) atoms. The van der Waals surface area contributed by atoms with E-state index in [1.54, 1.807) is 0 Å². The molecular formula is C61H101N4O44-. The first kappa shape index (κ1) is 90.4. The quantitative estimate of drug-likeness (QED) is 0.0278. The number of aliphatic carboxylic acids is 1. The van der Waals surface area contributed by atoms with Crippen LogP contribution in [0.15, 0.2) is 0 Å². The highest BCUT2D eigenvalue weighted by atomic mass is 16.8. The maximum atomic E-state index is 13.7. The zero-order chi connectivity index (χ0) is 80.7. The van der Waals surface area contributed by atoms with Gasteiger partial charge >= 0.3 is 0 Å². The van der Waals surface area contributed by atoms with Crippen LogP contribution in [0.4, 0.5) is 0 Å². The highest BCUT2D eigenvalue weighted by molar-refractivity contribution is 5.75. The Kier molecular flexibility index (Phi) is 32.7. The highest BCUT2D eigenvalue weighted by Crippen LogP contribution is 2.42. The number of hydrogen-bond acceptors (Lipinski definition) is 44. The Hall–Kier alpha value is -4.17. The van der Waals surface area contributed by atoms with Crippen molar-refractivity contribution in [1.29, 1.82) is 0 Å². The molecule has 26 N–H and O–H groups in total. The van der Waals surface area contributed by atoms with Gasteiger partial charge in [0.05, 0.1) is 83.3 Å². The number of carbonyl (C=O) groups is 5. The van der Waals surface area contributed by atoms with Crippen LogP contribution in [0.2, 0.25) is 0 Å². The van der Waals surface area contributed by atoms with Gasteiger partial charge in [0.15, 0.2) is 44.0 Å². The zero-order valence-corrected chi connectivity index (χ0v) is 58.9. The van der Waals surface area contributed by atoms with E-state index in [9.17, 15) is 141 Å². The summed E-state index contributed by atoms with van der Waals surface area (Å²) in [5, 5.41) is 267. The molecule has 8 rings (SSSR count). The van der Waals surface area contributed by atoms with Crippen molar-refractivity contribution in [3.63, 3.8) is 0 Å². The van der Waals surface area contributed by atoms with Crippen LogP contribution in [0, 0.1) is 0 Å². The second kappa shape index (κ2) is 39.4. The van der Waals surface area contributed by atoms with Gasteiger partial charge in [-0.3, -0.25) is 19.2 Å². The molecule has 0 radical (unpaired) electrons. The minimum atomic E-state index is -3.48. The molecule has 0 unspecified atom stereocenters. The molecule has 48 nitrogen and oxygen atoms in total. The second-order valence-corrected chi connectivity index (χ2v) is 27.5. The zero-order valence-electron chi connectivity index (χ0n) is 58.9. The summed E-state index contributed by atoms with van der Waals surface area (Å²) >= 11 is 0. The normalized spacial score (nSPS) is 46.5. The van der Waals surface area contributed by atoms with Crippen molar-refractivity contribution in [1.82, 2.24) is 21.3 Å². The molecule has 48 heteroatoms. The van der Waals surface area contributed by atoms with Crippen LogP contribution >= 0.6 is 0 Å². The third kappa shape index (κ3) is 20.4. The lowest BCUT2D eigenvalue weighted by Gasteiger charge is -2.53. The summed E-state index contributed by atoms with van der Waals surface area (Å²) in [5.41, 5.74) is 0. The largest absolute Gasteiger partial charge is 0.544 e. The number of rotatable bonds is 32. The fourth-order valence-electron chi connectivity index (χ4n) is 13.8. The molecule has 0 saturated carbocycles. The van der Waals surface area contributed by atoms with Crippen LogP contribution in [0.1, 0.15) is 41.0 Å². The molecule has 8 fully saturated rings. The van der Waals surface area contributed by atoms with E-state index in [-0.39, 0.29) is 6.41 Å². The van der Waals surface area contributed by atoms with E-state index in [4.69, 9.17) is 75.8 Å². The summed E-state index contributed by atoms with van der Waals surface area (Å²) < 4.78 is 95.2. The smallest absolute Gasteiger partial charge is 0.217 e. The van der Waals surface area contributed by atoms with E-state index in [2.05, 4.69) is 21.3 Å². The number of aliphatic hydroxyl groups is 22. The fraction of sp³-hybridized carbons (Fsp3) is 0.918.